The lowest BCUT2D eigenvalue weighted by Crippen LogP contribution is -2.50. The van der Waals surface area contributed by atoms with E-state index in [1.54, 1.807) is 13.8 Å². The van der Waals surface area contributed by atoms with Gasteiger partial charge >= 0.3 is 17.8 Å². The highest BCUT2D eigenvalue weighted by Crippen LogP contribution is 2.34. The SMILES string of the molecule is CC(C)NC(=O)C(=O)NNC(=O)CCN1C(=O)NC2(CCCC2)C1=O. The maximum absolute atomic E-state index is 12.4. The number of urea groups is 1. The van der Waals surface area contributed by atoms with E-state index in [0.29, 0.717) is 12.8 Å². The molecule has 0 bridgehead atoms. The molecule has 10 nitrogen and oxygen atoms in total. The van der Waals surface area contributed by atoms with Crippen molar-refractivity contribution in [2.45, 2.75) is 57.5 Å². The molecule has 1 aliphatic heterocycles. The van der Waals surface area contributed by atoms with Crippen molar-refractivity contribution < 1.29 is 24.0 Å². The molecule has 1 saturated carbocycles. The van der Waals surface area contributed by atoms with E-state index in [9.17, 15) is 24.0 Å². The van der Waals surface area contributed by atoms with Gasteiger partial charge in [-0.1, -0.05) is 12.8 Å². The third-order valence-corrected chi connectivity index (χ3v) is 4.21. The van der Waals surface area contributed by atoms with Crippen molar-refractivity contribution in [1.82, 2.24) is 26.4 Å². The molecule has 6 amide bonds. The molecule has 0 aromatic rings. The van der Waals surface area contributed by atoms with Crippen LogP contribution in [0, 0.1) is 0 Å². The van der Waals surface area contributed by atoms with Crippen LogP contribution in [-0.2, 0) is 19.2 Å². The molecule has 2 aliphatic rings. The quantitative estimate of drug-likeness (QED) is 0.289. The van der Waals surface area contributed by atoms with Gasteiger partial charge in [0.05, 0.1) is 0 Å². The molecule has 1 spiro atoms. The van der Waals surface area contributed by atoms with Crippen LogP contribution in [-0.4, -0.2) is 52.7 Å². The first kappa shape index (κ1) is 18.7. The van der Waals surface area contributed by atoms with Gasteiger partial charge in [-0.25, -0.2) is 4.79 Å². The van der Waals surface area contributed by atoms with Gasteiger partial charge in [0.15, 0.2) is 0 Å². The molecular formula is C15H23N5O5. The fourth-order valence-corrected chi connectivity index (χ4v) is 2.98. The highest BCUT2D eigenvalue weighted by Gasteiger charge is 2.52. The largest absolute Gasteiger partial charge is 0.346 e. The van der Waals surface area contributed by atoms with E-state index in [2.05, 4.69) is 16.1 Å². The molecular weight excluding hydrogens is 330 g/mol. The van der Waals surface area contributed by atoms with E-state index in [0.717, 1.165) is 17.7 Å². The summed E-state index contributed by atoms with van der Waals surface area (Å²) in [7, 11) is 0. The molecule has 4 N–H and O–H groups in total. The first-order chi connectivity index (χ1) is 11.7. The minimum absolute atomic E-state index is 0.0910. The number of carbonyl (C=O) groups is 5. The minimum atomic E-state index is -0.998. The Kier molecular flexibility index (Phi) is 5.60. The van der Waals surface area contributed by atoms with Crippen LogP contribution in [0.1, 0.15) is 46.0 Å². The second-order valence-electron chi connectivity index (χ2n) is 6.56. The first-order valence-corrected chi connectivity index (χ1v) is 8.29. The summed E-state index contributed by atoms with van der Waals surface area (Å²) in [6.45, 7) is 3.30. The maximum atomic E-state index is 12.4. The number of rotatable bonds is 4. The topological polar surface area (TPSA) is 137 Å². The number of hydrogen-bond acceptors (Lipinski definition) is 5. The molecule has 2 fully saturated rings. The summed E-state index contributed by atoms with van der Waals surface area (Å²) in [6.07, 6.45) is 2.81. The molecule has 25 heavy (non-hydrogen) atoms. The molecule has 0 unspecified atom stereocenters. The number of nitrogens with one attached hydrogen (secondary N) is 4. The van der Waals surface area contributed by atoms with Gasteiger partial charge in [0.25, 0.3) is 5.91 Å². The van der Waals surface area contributed by atoms with Crippen LogP contribution >= 0.6 is 0 Å². The summed E-state index contributed by atoms with van der Waals surface area (Å²) < 4.78 is 0. The highest BCUT2D eigenvalue weighted by atomic mass is 16.2. The Balaban J connectivity index is 1.76. The van der Waals surface area contributed by atoms with Crippen LogP contribution in [0.4, 0.5) is 4.79 Å². The van der Waals surface area contributed by atoms with Crippen LogP contribution in [0.15, 0.2) is 0 Å². The number of nitrogens with zero attached hydrogens (tertiary/aromatic N) is 1. The van der Waals surface area contributed by atoms with E-state index >= 15 is 0 Å². The normalized spacial score (nSPS) is 18.4. The highest BCUT2D eigenvalue weighted by molar-refractivity contribution is 6.35. The van der Waals surface area contributed by atoms with Crippen molar-refractivity contribution in [2.75, 3.05) is 6.54 Å². The second-order valence-corrected chi connectivity index (χ2v) is 6.56. The van der Waals surface area contributed by atoms with E-state index in [4.69, 9.17) is 0 Å². The number of carbonyl (C=O) groups excluding carboxylic acids is 5. The molecule has 138 valence electrons. The van der Waals surface area contributed by atoms with Gasteiger partial charge < -0.3 is 10.6 Å². The third-order valence-electron chi connectivity index (χ3n) is 4.21. The Hall–Kier alpha value is -2.65. The Morgan fingerprint density at radius 3 is 2.36 bits per heavy atom. The number of amides is 6. The third kappa shape index (κ3) is 4.25. The number of hydrogen-bond donors (Lipinski definition) is 4. The van der Waals surface area contributed by atoms with Gasteiger partial charge in [0.1, 0.15) is 5.54 Å². The standard InChI is InChI=1S/C15H23N5O5/c1-9(2)16-11(22)12(23)19-18-10(21)5-8-20-13(24)15(17-14(20)25)6-3-4-7-15/h9H,3-8H2,1-2H3,(H,16,22)(H,17,25)(H,18,21)(H,19,23). The van der Waals surface area contributed by atoms with Gasteiger partial charge in [-0.05, 0) is 26.7 Å². The lowest BCUT2D eigenvalue weighted by atomic mass is 9.98. The predicted molar refractivity (Wildman–Crippen MR) is 85.6 cm³/mol. The lowest BCUT2D eigenvalue weighted by molar-refractivity contribution is -0.141. The summed E-state index contributed by atoms with van der Waals surface area (Å²) in [5.74, 6) is -2.78. The zero-order valence-electron chi connectivity index (χ0n) is 14.3. The van der Waals surface area contributed by atoms with Crippen molar-refractivity contribution in [3.05, 3.63) is 0 Å². The summed E-state index contributed by atoms with van der Waals surface area (Å²) >= 11 is 0. The summed E-state index contributed by atoms with van der Waals surface area (Å²) in [6, 6.07) is -0.711. The Morgan fingerprint density at radius 2 is 1.76 bits per heavy atom. The monoisotopic (exact) mass is 353 g/mol. The van der Waals surface area contributed by atoms with Crippen LogP contribution in [0.2, 0.25) is 0 Å². The van der Waals surface area contributed by atoms with E-state index in [1.807, 2.05) is 5.43 Å². The fraction of sp³-hybridized carbons (Fsp3) is 0.667. The Labute approximate surface area is 145 Å². The summed E-state index contributed by atoms with van der Waals surface area (Å²) in [5.41, 5.74) is 3.25. The molecule has 2 rings (SSSR count). The predicted octanol–water partition coefficient (Wildman–Crippen LogP) is -1.09. The van der Waals surface area contributed by atoms with Crippen LogP contribution in [0.5, 0.6) is 0 Å². The van der Waals surface area contributed by atoms with Crippen LogP contribution in [0.25, 0.3) is 0 Å². The van der Waals surface area contributed by atoms with Crippen molar-refractivity contribution in [1.29, 1.82) is 0 Å². The Bertz CT molecular complexity index is 597. The molecule has 0 atom stereocenters. The minimum Gasteiger partial charge on any atom is -0.346 e. The average Bonchev–Trinajstić information content (AvgIpc) is 3.09. The van der Waals surface area contributed by atoms with Gasteiger partial charge in [-0.2, -0.15) is 0 Å². The molecule has 0 aromatic heterocycles. The van der Waals surface area contributed by atoms with Gasteiger partial charge in [-0.15, -0.1) is 0 Å². The van der Waals surface area contributed by atoms with Crippen molar-refractivity contribution in [3.8, 4) is 0 Å². The molecule has 1 heterocycles. The molecule has 1 aliphatic carbocycles. The van der Waals surface area contributed by atoms with Gasteiger partial charge in [-0.3, -0.25) is 34.9 Å². The Morgan fingerprint density at radius 1 is 1.12 bits per heavy atom. The van der Waals surface area contributed by atoms with E-state index in [-0.39, 0.29) is 24.9 Å². The zero-order valence-corrected chi connectivity index (χ0v) is 14.3. The van der Waals surface area contributed by atoms with Gasteiger partial charge in [0, 0.05) is 19.0 Å². The lowest BCUT2D eigenvalue weighted by Gasteiger charge is -2.19. The fourth-order valence-electron chi connectivity index (χ4n) is 2.98. The van der Waals surface area contributed by atoms with Gasteiger partial charge in [0.2, 0.25) is 5.91 Å². The van der Waals surface area contributed by atoms with E-state index < -0.39 is 29.3 Å². The molecule has 0 radical (unpaired) electrons. The first-order valence-electron chi connectivity index (χ1n) is 8.29. The maximum Gasteiger partial charge on any atom is 0.327 e. The zero-order chi connectivity index (χ0) is 18.6. The van der Waals surface area contributed by atoms with Crippen LogP contribution < -0.4 is 21.5 Å². The summed E-state index contributed by atoms with van der Waals surface area (Å²) in [4.78, 5) is 60.0. The average molecular weight is 353 g/mol. The summed E-state index contributed by atoms with van der Waals surface area (Å²) in [5, 5.41) is 5.09. The number of hydrazine groups is 1. The second kappa shape index (κ2) is 7.49. The van der Waals surface area contributed by atoms with E-state index in [1.165, 1.54) is 0 Å². The van der Waals surface area contributed by atoms with Crippen molar-refractivity contribution >= 4 is 29.7 Å². The van der Waals surface area contributed by atoms with Crippen molar-refractivity contribution in [2.24, 2.45) is 0 Å². The molecule has 0 aromatic carbocycles. The van der Waals surface area contributed by atoms with Crippen LogP contribution in [0.3, 0.4) is 0 Å². The number of imide groups is 1. The molecule has 1 saturated heterocycles. The smallest absolute Gasteiger partial charge is 0.327 e. The van der Waals surface area contributed by atoms with Crippen molar-refractivity contribution in [3.63, 3.8) is 0 Å². The molecule has 10 heteroatoms.